The van der Waals surface area contributed by atoms with Crippen LogP contribution in [0.15, 0.2) is 54.6 Å². The smallest absolute Gasteiger partial charge is 0.343 e. The predicted molar refractivity (Wildman–Crippen MR) is 84.1 cm³/mol. The van der Waals surface area contributed by atoms with Crippen LogP contribution < -0.4 is 0 Å². The Morgan fingerprint density at radius 3 is 2.13 bits per heavy atom. The van der Waals surface area contributed by atoms with Gasteiger partial charge < -0.3 is 15.3 Å². The Kier molecular flexibility index (Phi) is 4.93. The SMILES string of the molecule is Cc1ccc(C(=O)CC(O)C(O)(C(=O)O)c2ccccc2)cc1. The Labute approximate surface area is 133 Å². The summed E-state index contributed by atoms with van der Waals surface area (Å²) < 4.78 is 0. The highest BCUT2D eigenvalue weighted by molar-refractivity contribution is 5.97. The highest BCUT2D eigenvalue weighted by Gasteiger charge is 2.46. The molecule has 0 aromatic heterocycles. The Hall–Kier alpha value is -2.50. The molecule has 0 radical (unpaired) electrons. The molecule has 5 nitrogen and oxygen atoms in total. The third kappa shape index (κ3) is 3.47. The van der Waals surface area contributed by atoms with Crippen LogP contribution in [-0.4, -0.2) is 33.2 Å². The highest BCUT2D eigenvalue weighted by atomic mass is 16.4. The van der Waals surface area contributed by atoms with Gasteiger partial charge in [0.15, 0.2) is 5.78 Å². The summed E-state index contributed by atoms with van der Waals surface area (Å²) in [7, 11) is 0. The molecule has 2 aromatic rings. The molecule has 2 rings (SSSR count). The number of carbonyl (C=O) groups is 2. The predicted octanol–water partition coefficient (Wildman–Crippen LogP) is 1.90. The molecule has 0 saturated carbocycles. The van der Waals surface area contributed by atoms with Crippen LogP contribution >= 0.6 is 0 Å². The monoisotopic (exact) mass is 314 g/mol. The van der Waals surface area contributed by atoms with E-state index in [1.165, 1.54) is 12.1 Å². The molecule has 2 unspecified atom stereocenters. The van der Waals surface area contributed by atoms with Gasteiger partial charge in [0, 0.05) is 12.0 Å². The number of benzene rings is 2. The Balaban J connectivity index is 2.25. The summed E-state index contributed by atoms with van der Waals surface area (Å²) in [5.74, 6) is -2.04. The second-order valence-corrected chi connectivity index (χ2v) is 5.45. The van der Waals surface area contributed by atoms with E-state index in [0.717, 1.165) is 5.56 Å². The van der Waals surface area contributed by atoms with Gasteiger partial charge in [0.05, 0.1) is 0 Å². The maximum Gasteiger partial charge on any atom is 0.343 e. The second kappa shape index (κ2) is 6.73. The molecule has 0 saturated heterocycles. The maximum atomic E-state index is 12.2. The van der Waals surface area contributed by atoms with E-state index in [0.29, 0.717) is 5.56 Å². The normalized spacial score (nSPS) is 14.7. The molecule has 0 heterocycles. The minimum atomic E-state index is -2.54. The molecule has 2 atom stereocenters. The topological polar surface area (TPSA) is 94.8 Å². The summed E-state index contributed by atoms with van der Waals surface area (Å²) in [5, 5.41) is 30.0. The van der Waals surface area contributed by atoms with Gasteiger partial charge in [0.2, 0.25) is 5.60 Å². The van der Waals surface area contributed by atoms with Gasteiger partial charge in [-0.15, -0.1) is 0 Å². The first-order chi connectivity index (χ1) is 10.9. The summed E-state index contributed by atoms with van der Waals surface area (Å²) in [6, 6.07) is 14.3. The number of carbonyl (C=O) groups excluding carboxylic acids is 1. The van der Waals surface area contributed by atoms with Crippen molar-refractivity contribution in [2.24, 2.45) is 0 Å². The summed E-state index contributed by atoms with van der Waals surface area (Å²) >= 11 is 0. The van der Waals surface area contributed by atoms with Crippen LogP contribution in [0.4, 0.5) is 0 Å². The fraction of sp³-hybridized carbons (Fsp3) is 0.222. The van der Waals surface area contributed by atoms with Gasteiger partial charge in [-0.25, -0.2) is 4.79 Å². The van der Waals surface area contributed by atoms with Gasteiger partial charge in [0.25, 0.3) is 0 Å². The summed E-state index contributed by atoms with van der Waals surface area (Å²) in [6.07, 6.45) is -2.27. The Morgan fingerprint density at radius 2 is 1.61 bits per heavy atom. The molecule has 0 aliphatic rings. The third-order valence-corrected chi connectivity index (χ3v) is 3.77. The molecule has 120 valence electrons. The number of aliphatic carboxylic acids is 1. The number of carboxylic acids is 1. The third-order valence-electron chi connectivity index (χ3n) is 3.77. The molecule has 0 fully saturated rings. The molecule has 0 amide bonds. The van der Waals surface area contributed by atoms with Crippen LogP contribution in [0.5, 0.6) is 0 Å². The van der Waals surface area contributed by atoms with Crippen LogP contribution in [-0.2, 0) is 10.4 Å². The zero-order chi connectivity index (χ0) is 17.0. The van der Waals surface area contributed by atoms with Gasteiger partial charge in [-0.1, -0.05) is 60.2 Å². The summed E-state index contributed by atoms with van der Waals surface area (Å²) in [4.78, 5) is 23.7. The van der Waals surface area contributed by atoms with Crippen molar-refractivity contribution in [3.63, 3.8) is 0 Å². The van der Waals surface area contributed by atoms with E-state index in [4.69, 9.17) is 0 Å². The van der Waals surface area contributed by atoms with E-state index in [2.05, 4.69) is 0 Å². The van der Waals surface area contributed by atoms with Crippen molar-refractivity contribution in [1.82, 2.24) is 0 Å². The average Bonchev–Trinajstić information content (AvgIpc) is 2.55. The van der Waals surface area contributed by atoms with Crippen molar-refractivity contribution in [3.8, 4) is 0 Å². The first kappa shape index (κ1) is 16.9. The molecule has 0 spiro atoms. The molecule has 5 heteroatoms. The standard InChI is InChI=1S/C18H18O5/c1-12-7-9-13(10-8-12)15(19)11-16(20)18(23,17(21)22)14-5-3-2-4-6-14/h2-10,16,20,23H,11H2,1H3,(H,21,22). The number of aliphatic hydroxyl groups is 2. The molecule has 0 aliphatic heterocycles. The van der Waals surface area contributed by atoms with Gasteiger partial charge in [-0.2, -0.15) is 0 Å². The van der Waals surface area contributed by atoms with Crippen molar-refractivity contribution in [2.75, 3.05) is 0 Å². The number of aliphatic hydroxyl groups excluding tert-OH is 1. The molecule has 0 bridgehead atoms. The second-order valence-electron chi connectivity index (χ2n) is 5.45. The Bertz CT molecular complexity index is 693. The lowest BCUT2D eigenvalue weighted by molar-refractivity contribution is -0.173. The van der Waals surface area contributed by atoms with Crippen LogP contribution in [0.3, 0.4) is 0 Å². The highest BCUT2D eigenvalue weighted by Crippen LogP contribution is 2.28. The largest absolute Gasteiger partial charge is 0.479 e. The fourth-order valence-corrected chi connectivity index (χ4v) is 2.33. The van der Waals surface area contributed by atoms with Crippen LogP contribution in [0, 0.1) is 6.92 Å². The zero-order valence-electron chi connectivity index (χ0n) is 12.6. The van der Waals surface area contributed by atoms with Gasteiger partial charge >= 0.3 is 5.97 Å². The minimum absolute atomic E-state index is 0.0247. The molecule has 23 heavy (non-hydrogen) atoms. The number of rotatable bonds is 6. The van der Waals surface area contributed by atoms with Gasteiger partial charge in [-0.3, -0.25) is 4.79 Å². The zero-order valence-corrected chi connectivity index (χ0v) is 12.6. The Morgan fingerprint density at radius 1 is 1.04 bits per heavy atom. The van der Waals surface area contributed by atoms with Crippen LogP contribution in [0.25, 0.3) is 0 Å². The molecular formula is C18H18O5. The number of aryl methyl sites for hydroxylation is 1. The molecule has 3 N–H and O–H groups in total. The van der Waals surface area contributed by atoms with E-state index in [1.807, 2.05) is 6.92 Å². The molecular weight excluding hydrogens is 296 g/mol. The first-order valence-corrected chi connectivity index (χ1v) is 7.15. The van der Waals surface area contributed by atoms with Crippen LogP contribution in [0.1, 0.15) is 27.9 Å². The molecule has 0 aliphatic carbocycles. The van der Waals surface area contributed by atoms with E-state index in [1.54, 1.807) is 42.5 Å². The van der Waals surface area contributed by atoms with E-state index in [9.17, 15) is 24.9 Å². The van der Waals surface area contributed by atoms with Crippen molar-refractivity contribution >= 4 is 11.8 Å². The van der Waals surface area contributed by atoms with Crippen LogP contribution in [0.2, 0.25) is 0 Å². The molecule has 2 aromatic carbocycles. The van der Waals surface area contributed by atoms with E-state index in [-0.39, 0.29) is 5.56 Å². The van der Waals surface area contributed by atoms with Gasteiger partial charge in [-0.05, 0) is 12.5 Å². The van der Waals surface area contributed by atoms with Gasteiger partial charge in [0.1, 0.15) is 6.10 Å². The van der Waals surface area contributed by atoms with E-state index >= 15 is 0 Å². The lowest BCUT2D eigenvalue weighted by atomic mass is 9.85. The van der Waals surface area contributed by atoms with E-state index < -0.39 is 29.9 Å². The number of hydrogen-bond acceptors (Lipinski definition) is 4. The fourth-order valence-electron chi connectivity index (χ4n) is 2.33. The minimum Gasteiger partial charge on any atom is -0.479 e. The van der Waals surface area contributed by atoms with Crippen molar-refractivity contribution in [1.29, 1.82) is 0 Å². The number of carboxylic acid groups (broad SMARTS) is 1. The lowest BCUT2D eigenvalue weighted by Crippen LogP contribution is -2.47. The summed E-state index contributed by atoms with van der Waals surface area (Å²) in [6.45, 7) is 1.88. The first-order valence-electron chi connectivity index (χ1n) is 7.15. The maximum absolute atomic E-state index is 12.2. The number of hydrogen-bond donors (Lipinski definition) is 3. The van der Waals surface area contributed by atoms with Crippen molar-refractivity contribution < 1.29 is 24.9 Å². The lowest BCUT2D eigenvalue weighted by Gasteiger charge is -2.28. The summed E-state index contributed by atoms with van der Waals surface area (Å²) in [5.41, 5.74) is -1.18. The number of Topliss-reactive ketones (excluding diaryl/α,β-unsaturated/α-hetero) is 1. The number of ketones is 1. The van der Waals surface area contributed by atoms with Crippen molar-refractivity contribution in [3.05, 3.63) is 71.3 Å². The van der Waals surface area contributed by atoms with Crippen molar-refractivity contribution in [2.45, 2.75) is 25.0 Å². The quantitative estimate of drug-likeness (QED) is 0.708. The average molecular weight is 314 g/mol.